The Kier molecular flexibility index (Phi) is 8.35. The highest BCUT2D eigenvalue weighted by molar-refractivity contribution is 5.77. The number of halogens is 3. The average molecular weight is 434 g/mol. The lowest BCUT2D eigenvalue weighted by Gasteiger charge is -2.49. The van der Waals surface area contributed by atoms with Gasteiger partial charge in [0, 0.05) is 39.2 Å². The number of aromatic nitrogens is 2. The molecule has 168 valence electrons. The molecule has 2 N–H and O–H groups in total. The smallest absolute Gasteiger partial charge is 0.475 e. The number of carbonyl (C=O) groups is 2. The first-order valence-corrected chi connectivity index (χ1v) is 9.36. The molecule has 3 rings (SSSR count). The molecule has 1 unspecified atom stereocenters. The Balaban J connectivity index is 0.000000396. The predicted octanol–water partition coefficient (Wildman–Crippen LogP) is 1.25. The average Bonchev–Trinajstić information content (AvgIpc) is 2.71. The van der Waals surface area contributed by atoms with Crippen LogP contribution in [0.2, 0.25) is 0 Å². The molecule has 0 aromatic carbocycles. The number of carboxylic acids is 1. The molecule has 0 aliphatic carbocycles. The highest BCUT2D eigenvalue weighted by atomic mass is 19.4. The van der Waals surface area contributed by atoms with Crippen LogP contribution < -0.4 is 10.2 Å². The van der Waals surface area contributed by atoms with Gasteiger partial charge in [0.1, 0.15) is 6.61 Å². The maximum absolute atomic E-state index is 11.9. The molecule has 1 aromatic rings. The molecule has 0 bridgehead atoms. The Morgan fingerprint density at radius 2 is 1.90 bits per heavy atom. The number of aliphatic carboxylic acids is 1. The molecule has 12 heteroatoms. The van der Waals surface area contributed by atoms with Crippen molar-refractivity contribution in [1.82, 2.24) is 15.3 Å². The Bertz CT molecular complexity index is 697. The summed E-state index contributed by atoms with van der Waals surface area (Å²) in [5.74, 6) is -2.04. The summed E-state index contributed by atoms with van der Waals surface area (Å²) in [7, 11) is 1.53. The quantitative estimate of drug-likeness (QED) is 0.728. The number of hydrogen-bond donors (Lipinski definition) is 2. The van der Waals surface area contributed by atoms with Gasteiger partial charge >= 0.3 is 12.1 Å². The van der Waals surface area contributed by atoms with Crippen molar-refractivity contribution < 1.29 is 37.3 Å². The minimum Gasteiger partial charge on any atom is -0.475 e. The zero-order valence-corrected chi connectivity index (χ0v) is 16.5. The van der Waals surface area contributed by atoms with Crippen LogP contribution >= 0.6 is 0 Å². The maximum Gasteiger partial charge on any atom is 0.490 e. The predicted molar refractivity (Wildman–Crippen MR) is 98.8 cm³/mol. The van der Waals surface area contributed by atoms with Crippen LogP contribution in [0.4, 0.5) is 19.1 Å². The van der Waals surface area contributed by atoms with Gasteiger partial charge in [0.15, 0.2) is 0 Å². The third kappa shape index (κ3) is 6.52. The molecule has 1 amide bonds. The summed E-state index contributed by atoms with van der Waals surface area (Å²) in [5.41, 5.74) is 0.104. The van der Waals surface area contributed by atoms with Crippen molar-refractivity contribution in [2.45, 2.75) is 31.5 Å². The normalized spacial score (nSPS) is 20.8. The van der Waals surface area contributed by atoms with E-state index >= 15 is 0 Å². The standard InChI is InChI=1S/C16H24N4O3.C2HF3O2/c1-22-12-14(21)19-13-11-23-10-5-16(13)3-8-20(9-4-16)15-17-6-2-7-18-15;3-2(4,5)1(6)7/h2,6-7,13H,3-5,8-12H2,1H3,(H,19,21);(H,6,7). The Morgan fingerprint density at radius 3 is 2.43 bits per heavy atom. The van der Waals surface area contributed by atoms with Gasteiger partial charge in [-0.05, 0) is 30.7 Å². The molecule has 30 heavy (non-hydrogen) atoms. The lowest BCUT2D eigenvalue weighted by Crippen LogP contribution is -2.58. The van der Waals surface area contributed by atoms with Crippen LogP contribution in [0.3, 0.4) is 0 Å². The van der Waals surface area contributed by atoms with Crippen molar-refractivity contribution in [3.05, 3.63) is 18.5 Å². The van der Waals surface area contributed by atoms with Crippen LogP contribution in [0.15, 0.2) is 18.5 Å². The molecule has 2 aliphatic rings. The van der Waals surface area contributed by atoms with Crippen molar-refractivity contribution in [2.75, 3.05) is 44.9 Å². The van der Waals surface area contributed by atoms with Gasteiger partial charge < -0.3 is 24.8 Å². The number of amides is 1. The fraction of sp³-hybridized carbons (Fsp3) is 0.667. The van der Waals surface area contributed by atoms with E-state index in [-0.39, 0.29) is 24.0 Å². The number of alkyl halides is 3. The van der Waals surface area contributed by atoms with Crippen LogP contribution in [-0.2, 0) is 19.1 Å². The van der Waals surface area contributed by atoms with Gasteiger partial charge in [0.2, 0.25) is 11.9 Å². The van der Waals surface area contributed by atoms with Gasteiger partial charge in [0.25, 0.3) is 0 Å². The molecule has 1 aromatic heterocycles. The third-order valence-corrected chi connectivity index (χ3v) is 5.22. The molecule has 3 heterocycles. The van der Waals surface area contributed by atoms with E-state index in [0.717, 1.165) is 44.9 Å². The van der Waals surface area contributed by atoms with E-state index in [0.29, 0.717) is 6.61 Å². The van der Waals surface area contributed by atoms with E-state index in [1.807, 2.05) is 6.07 Å². The molecule has 9 nitrogen and oxygen atoms in total. The fourth-order valence-corrected chi connectivity index (χ4v) is 3.59. The Morgan fingerprint density at radius 1 is 1.30 bits per heavy atom. The monoisotopic (exact) mass is 434 g/mol. The lowest BCUT2D eigenvalue weighted by molar-refractivity contribution is -0.192. The molecule has 2 saturated heterocycles. The summed E-state index contributed by atoms with van der Waals surface area (Å²) >= 11 is 0. The Labute approximate surface area is 171 Å². The number of carboxylic acid groups (broad SMARTS) is 1. The number of rotatable bonds is 4. The van der Waals surface area contributed by atoms with Crippen LogP contribution in [0, 0.1) is 5.41 Å². The van der Waals surface area contributed by atoms with Crippen molar-refractivity contribution >= 4 is 17.8 Å². The van der Waals surface area contributed by atoms with Gasteiger partial charge in [-0.25, -0.2) is 14.8 Å². The number of anilines is 1. The summed E-state index contributed by atoms with van der Waals surface area (Å²) in [6, 6.07) is 1.88. The van der Waals surface area contributed by atoms with Gasteiger partial charge in [-0.15, -0.1) is 0 Å². The number of nitrogens with zero attached hydrogens (tertiary/aromatic N) is 3. The minimum absolute atomic E-state index is 0.0535. The summed E-state index contributed by atoms with van der Waals surface area (Å²) < 4.78 is 42.3. The van der Waals surface area contributed by atoms with Crippen LogP contribution in [0.1, 0.15) is 19.3 Å². The fourth-order valence-electron chi connectivity index (χ4n) is 3.59. The summed E-state index contributed by atoms with van der Waals surface area (Å²) in [6.07, 6.45) is 1.46. The summed E-state index contributed by atoms with van der Waals surface area (Å²) in [6.45, 7) is 3.24. The molecule has 0 radical (unpaired) electrons. The molecule has 0 saturated carbocycles. The second-order valence-corrected chi connectivity index (χ2v) is 7.08. The summed E-state index contributed by atoms with van der Waals surface area (Å²) in [4.78, 5) is 31.7. The molecule has 1 atom stereocenters. The SMILES string of the molecule is COCC(=O)NC1COCCC12CCN(c1ncccn1)CC2.O=C(O)C(F)(F)F. The van der Waals surface area contributed by atoms with Gasteiger partial charge in [-0.1, -0.05) is 0 Å². The van der Waals surface area contributed by atoms with Gasteiger partial charge in [-0.3, -0.25) is 4.79 Å². The van der Waals surface area contributed by atoms with Crippen molar-refractivity contribution in [3.63, 3.8) is 0 Å². The second-order valence-electron chi connectivity index (χ2n) is 7.08. The van der Waals surface area contributed by atoms with Crippen LogP contribution in [0.25, 0.3) is 0 Å². The minimum atomic E-state index is -5.08. The van der Waals surface area contributed by atoms with Crippen molar-refractivity contribution in [2.24, 2.45) is 5.41 Å². The molecular weight excluding hydrogens is 409 g/mol. The Hall–Kier alpha value is -2.47. The highest BCUT2D eigenvalue weighted by Gasteiger charge is 2.44. The number of hydrogen-bond acceptors (Lipinski definition) is 7. The second kappa shape index (κ2) is 10.5. The van der Waals surface area contributed by atoms with Crippen LogP contribution in [-0.4, -0.2) is 79.2 Å². The molecule has 2 fully saturated rings. The molecular formula is C18H25F3N4O5. The van der Waals surface area contributed by atoms with E-state index in [9.17, 15) is 18.0 Å². The largest absolute Gasteiger partial charge is 0.490 e. The van der Waals surface area contributed by atoms with E-state index in [4.69, 9.17) is 19.4 Å². The lowest BCUT2D eigenvalue weighted by atomic mass is 9.69. The highest BCUT2D eigenvalue weighted by Crippen LogP contribution is 2.41. The first-order chi connectivity index (χ1) is 14.2. The van der Waals surface area contributed by atoms with Gasteiger partial charge in [0.05, 0.1) is 12.6 Å². The van der Waals surface area contributed by atoms with E-state index in [1.54, 1.807) is 12.4 Å². The van der Waals surface area contributed by atoms with E-state index < -0.39 is 12.1 Å². The summed E-state index contributed by atoms with van der Waals surface area (Å²) in [5, 5.41) is 10.2. The number of carbonyl (C=O) groups excluding carboxylic acids is 1. The zero-order valence-electron chi connectivity index (χ0n) is 16.5. The number of nitrogens with one attached hydrogen (secondary N) is 1. The maximum atomic E-state index is 11.9. The zero-order chi connectivity index (χ0) is 22.2. The number of piperidine rings is 1. The number of methoxy groups -OCH3 is 1. The topological polar surface area (TPSA) is 114 Å². The van der Waals surface area contributed by atoms with Crippen molar-refractivity contribution in [3.8, 4) is 0 Å². The van der Waals surface area contributed by atoms with Crippen LogP contribution in [0.5, 0.6) is 0 Å². The van der Waals surface area contributed by atoms with Gasteiger partial charge in [-0.2, -0.15) is 13.2 Å². The van der Waals surface area contributed by atoms with E-state index in [1.165, 1.54) is 7.11 Å². The molecule has 2 aliphatic heterocycles. The first kappa shape index (κ1) is 23.8. The number of ether oxygens (including phenoxy) is 2. The first-order valence-electron chi connectivity index (χ1n) is 9.36. The third-order valence-electron chi connectivity index (χ3n) is 5.22. The molecule has 1 spiro atoms. The van der Waals surface area contributed by atoms with Crippen molar-refractivity contribution in [1.29, 1.82) is 0 Å². The van der Waals surface area contributed by atoms with E-state index in [2.05, 4.69) is 20.2 Å².